The van der Waals surface area contributed by atoms with Crippen LogP contribution < -0.4 is 0 Å². The maximum absolute atomic E-state index is 12.9. The van der Waals surface area contributed by atoms with Crippen molar-refractivity contribution in [3.05, 3.63) is 53.9 Å². The molecule has 1 heteroatoms. The quantitative estimate of drug-likeness (QED) is 0.685. The van der Waals surface area contributed by atoms with Gasteiger partial charge in [-0.2, -0.15) is 0 Å². The first-order valence-electron chi connectivity index (χ1n) is 5.86. The first kappa shape index (κ1) is 11.1. The Balaban J connectivity index is 2.30. The summed E-state index contributed by atoms with van der Waals surface area (Å²) in [5.74, 6) is 0.945. The van der Waals surface area contributed by atoms with Gasteiger partial charge in [-0.05, 0) is 41.5 Å². The average molecular weight is 216 g/mol. The van der Waals surface area contributed by atoms with E-state index in [2.05, 4.69) is 32.1 Å². The summed E-state index contributed by atoms with van der Waals surface area (Å²) in [4.78, 5) is 0. The highest BCUT2D eigenvalue weighted by atomic mass is 19.1. The lowest BCUT2D eigenvalue weighted by atomic mass is 9.79. The number of hydrogen-bond donors (Lipinski definition) is 0. The molecule has 1 aliphatic carbocycles. The van der Waals surface area contributed by atoms with Crippen LogP contribution >= 0.6 is 0 Å². The highest BCUT2D eigenvalue weighted by Gasteiger charge is 2.20. The van der Waals surface area contributed by atoms with E-state index in [1.54, 1.807) is 0 Å². The summed E-state index contributed by atoms with van der Waals surface area (Å²) in [6.07, 6.45) is 7.67. The van der Waals surface area contributed by atoms with E-state index in [9.17, 15) is 4.39 Å². The Morgan fingerprint density at radius 3 is 2.50 bits per heavy atom. The van der Waals surface area contributed by atoms with Crippen LogP contribution in [-0.4, -0.2) is 0 Å². The molecule has 0 saturated heterocycles. The lowest BCUT2D eigenvalue weighted by Gasteiger charge is -2.25. The van der Waals surface area contributed by atoms with Crippen LogP contribution in [0.1, 0.15) is 25.8 Å². The third-order valence-electron chi connectivity index (χ3n) is 3.42. The second kappa shape index (κ2) is 4.65. The minimum Gasteiger partial charge on any atom is -0.207 e. The molecule has 0 radical (unpaired) electrons. The van der Waals surface area contributed by atoms with Crippen molar-refractivity contribution in [2.75, 3.05) is 0 Å². The Bertz CT molecular complexity index is 412. The van der Waals surface area contributed by atoms with Crippen molar-refractivity contribution in [2.45, 2.75) is 20.3 Å². The summed E-state index contributed by atoms with van der Waals surface area (Å²) in [6, 6.07) is 6.79. The molecule has 2 unspecified atom stereocenters. The molecule has 0 N–H and O–H groups in total. The fraction of sp³-hybridized carbons (Fsp3) is 0.333. The zero-order valence-corrected chi connectivity index (χ0v) is 9.78. The van der Waals surface area contributed by atoms with Gasteiger partial charge in [-0.25, -0.2) is 4.39 Å². The van der Waals surface area contributed by atoms with Crippen LogP contribution in [0.3, 0.4) is 0 Å². The zero-order chi connectivity index (χ0) is 11.5. The summed E-state index contributed by atoms with van der Waals surface area (Å²) >= 11 is 0. The van der Waals surface area contributed by atoms with E-state index in [-0.39, 0.29) is 5.82 Å². The van der Waals surface area contributed by atoms with Gasteiger partial charge in [-0.15, -0.1) is 0 Å². The van der Waals surface area contributed by atoms with Crippen LogP contribution in [0.2, 0.25) is 0 Å². The minimum absolute atomic E-state index is 0.171. The van der Waals surface area contributed by atoms with E-state index in [1.165, 1.54) is 17.7 Å². The van der Waals surface area contributed by atoms with Crippen molar-refractivity contribution < 1.29 is 4.39 Å². The molecule has 0 fully saturated rings. The zero-order valence-electron chi connectivity index (χ0n) is 9.78. The summed E-state index contributed by atoms with van der Waals surface area (Å²) < 4.78 is 12.9. The van der Waals surface area contributed by atoms with Gasteiger partial charge < -0.3 is 0 Å². The second-order valence-electron chi connectivity index (χ2n) is 4.37. The Labute approximate surface area is 96.5 Å². The minimum atomic E-state index is -0.171. The van der Waals surface area contributed by atoms with Gasteiger partial charge in [0.25, 0.3) is 0 Å². The van der Waals surface area contributed by atoms with Crippen LogP contribution in [0, 0.1) is 17.7 Å². The lowest BCUT2D eigenvalue weighted by Crippen LogP contribution is -2.13. The molecule has 84 valence electrons. The van der Waals surface area contributed by atoms with Crippen LogP contribution in [0.4, 0.5) is 4.39 Å². The molecule has 0 saturated carbocycles. The number of allylic oxidation sites excluding steroid dienone is 4. The van der Waals surface area contributed by atoms with E-state index < -0.39 is 0 Å². The summed E-state index contributed by atoms with van der Waals surface area (Å²) in [7, 11) is 0. The third kappa shape index (κ3) is 2.08. The average Bonchev–Trinajstić information content (AvgIpc) is 2.31. The van der Waals surface area contributed by atoms with E-state index in [0.29, 0.717) is 11.8 Å². The molecule has 0 aromatic heterocycles. The molecule has 1 aromatic carbocycles. The van der Waals surface area contributed by atoms with E-state index in [4.69, 9.17) is 0 Å². The van der Waals surface area contributed by atoms with Gasteiger partial charge >= 0.3 is 0 Å². The first-order chi connectivity index (χ1) is 7.72. The molecular weight excluding hydrogens is 199 g/mol. The van der Waals surface area contributed by atoms with Gasteiger partial charge in [0.2, 0.25) is 0 Å². The van der Waals surface area contributed by atoms with Crippen molar-refractivity contribution in [2.24, 2.45) is 11.8 Å². The van der Waals surface area contributed by atoms with E-state index in [1.807, 2.05) is 12.1 Å². The lowest BCUT2D eigenvalue weighted by molar-refractivity contribution is 0.505. The molecule has 0 nitrogen and oxygen atoms in total. The van der Waals surface area contributed by atoms with E-state index >= 15 is 0 Å². The molecule has 2 rings (SSSR count). The Kier molecular flexibility index (Phi) is 3.23. The molecule has 1 aromatic rings. The predicted octanol–water partition coefficient (Wildman–Crippen LogP) is 4.44. The molecule has 0 heterocycles. The fourth-order valence-corrected chi connectivity index (χ4v) is 2.34. The number of rotatable bonds is 2. The highest BCUT2D eigenvalue weighted by Crippen LogP contribution is 2.34. The van der Waals surface area contributed by atoms with Gasteiger partial charge in [0.15, 0.2) is 0 Å². The maximum Gasteiger partial charge on any atom is 0.123 e. The van der Waals surface area contributed by atoms with Crippen LogP contribution in [0.5, 0.6) is 0 Å². The predicted molar refractivity (Wildman–Crippen MR) is 66.5 cm³/mol. The van der Waals surface area contributed by atoms with Gasteiger partial charge in [-0.3, -0.25) is 0 Å². The molecular formula is C15H17F. The van der Waals surface area contributed by atoms with Crippen molar-refractivity contribution in [1.29, 1.82) is 0 Å². The van der Waals surface area contributed by atoms with E-state index in [0.717, 1.165) is 12.0 Å². The van der Waals surface area contributed by atoms with Crippen LogP contribution in [0.25, 0.3) is 5.57 Å². The standard InChI is InChI=1S/C15H17F/c1-3-12-5-4-6-15(11(12)2)13-7-9-14(16)10-8-13/h4-12H,3H2,1-2H3. The molecule has 0 bridgehead atoms. The summed E-state index contributed by atoms with van der Waals surface area (Å²) in [5.41, 5.74) is 2.45. The number of hydrogen-bond acceptors (Lipinski definition) is 0. The van der Waals surface area contributed by atoms with Crippen molar-refractivity contribution in [1.82, 2.24) is 0 Å². The maximum atomic E-state index is 12.9. The number of halogens is 1. The summed E-state index contributed by atoms with van der Waals surface area (Å²) in [6.45, 7) is 4.45. The van der Waals surface area contributed by atoms with Gasteiger partial charge in [0.1, 0.15) is 5.82 Å². The largest absolute Gasteiger partial charge is 0.207 e. The SMILES string of the molecule is CCC1C=CC=C(c2ccc(F)cc2)C1C. The normalized spacial score (nSPS) is 24.3. The molecule has 1 aliphatic rings. The first-order valence-corrected chi connectivity index (χ1v) is 5.86. The third-order valence-corrected chi connectivity index (χ3v) is 3.42. The van der Waals surface area contributed by atoms with Crippen LogP contribution in [-0.2, 0) is 0 Å². The Hall–Kier alpha value is -1.37. The molecule has 0 amide bonds. The molecule has 16 heavy (non-hydrogen) atoms. The molecule has 2 atom stereocenters. The Morgan fingerprint density at radius 2 is 1.88 bits per heavy atom. The van der Waals surface area contributed by atoms with Gasteiger partial charge in [-0.1, -0.05) is 44.2 Å². The Morgan fingerprint density at radius 1 is 1.19 bits per heavy atom. The highest BCUT2D eigenvalue weighted by molar-refractivity contribution is 5.70. The fourth-order valence-electron chi connectivity index (χ4n) is 2.34. The monoisotopic (exact) mass is 216 g/mol. The van der Waals surface area contributed by atoms with Gasteiger partial charge in [0.05, 0.1) is 0 Å². The smallest absolute Gasteiger partial charge is 0.123 e. The summed E-state index contributed by atoms with van der Waals surface area (Å²) in [5, 5.41) is 0. The van der Waals surface area contributed by atoms with Crippen molar-refractivity contribution in [3.63, 3.8) is 0 Å². The molecule has 0 aliphatic heterocycles. The molecule has 0 spiro atoms. The van der Waals surface area contributed by atoms with Crippen molar-refractivity contribution >= 4 is 5.57 Å². The van der Waals surface area contributed by atoms with Gasteiger partial charge in [0, 0.05) is 0 Å². The van der Waals surface area contributed by atoms with Crippen molar-refractivity contribution in [3.8, 4) is 0 Å². The van der Waals surface area contributed by atoms with Crippen LogP contribution in [0.15, 0.2) is 42.5 Å². The topological polar surface area (TPSA) is 0 Å². The number of benzene rings is 1. The second-order valence-corrected chi connectivity index (χ2v) is 4.37.